The van der Waals surface area contributed by atoms with Crippen molar-refractivity contribution in [1.82, 2.24) is 5.32 Å². The van der Waals surface area contributed by atoms with Crippen molar-refractivity contribution in [3.8, 4) is 11.5 Å². The molecule has 1 N–H and O–H groups in total. The fourth-order valence-corrected chi connectivity index (χ4v) is 2.40. The van der Waals surface area contributed by atoms with E-state index in [1.165, 1.54) is 12.1 Å². The molecule has 0 fully saturated rings. The smallest absolute Gasteiger partial charge is 0.324 e. The molecule has 0 aliphatic carbocycles. The predicted molar refractivity (Wildman–Crippen MR) is 81.8 cm³/mol. The van der Waals surface area contributed by atoms with E-state index in [0.717, 1.165) is 11.3 Å². The van der Waals surface area contributed by atoms with E-state index in [1.807, 2.05) is 0 Å². The van der Waals surface area contributed by atoms with Gasteiger partial charge in [-0.25, -0.2) is 0 Å². The highest BCUT2D eigenvalue weighted by atomic mass is 32.1. The zero-order valence-corrected chi connectivity index (χ0v) is 12.6. The lowest BCUT2D eigenvalue weighted by Crippen LogP contribution is -2.27. The molecule has 0 saturated carbocycles. The van der Waals surface area contributed by atoms with Crippen molar-refractivity contribution in [3.63, 3.8) is 0 Å². The second kappa shape index (κ2) is 7.41. The van der Waals surface area contributed by atoms with E-state index < -0.39 is 4.92 Å². The molecule has 0 atom stereocenters. The van der Waals surface area contributed by atoms with Crippen molar-refractivity contribution in [3.05, 3.63) is 51.4 Å². The average molecular weight is 322 g/mol. The number of carbonyl (C=O) groups excluding carboxylic acids is 1. The maximum atomic E-state index is 11.8. The van der Waals surface area contributed by atoms with E-state index in [0.29, 0.717) is 22.9 Å². The van der Waals surface area contributed by atoms with Gasteiger partial charge in [-0.1, -0.05) is 17.4 Å². The van der Waals surface area contributed by atoms with Gasteiger partial charge in [-0.15, -0.1) is 0 Å². The quantitative estimate of drug-likeness (QED) is 0.480. The highest BCUT2D eigenvalue weighted by Crippen LogP contribution is 2.23. The third kappa shape index (κ3) is 4.19. The normalized spacial score (nSPS) is 10.0. The minimum absolute atomic E-state index is 0.0576. The number of methoxy groups -OCH3 is 1. The number of benzene rings is 1. The van der Waals surface area contributed by atoms with Gasteiger partial charge in [-0.2, -0.15) is 0 Å². The molecular formula is C14H14N2O5S. The molecule has 7 nitrogen and oxygen atoms in total. The first-order chi connectivity index (χ1) is 10.6. The first-order valence-corrected chi connectivity index (χ1v) is 7.21. The summed E-state index contributed by atoms with van der Waals surface area (Å²) in [7, 11) is 1.57. The lowest BCUT2D eigenvalue weighted by Gasteiger charge is -2.08. The summed E-state index contributed by atoms with van der Waals surface area (Å²) in [5, 5.41) is 13.1. The van der Waals surface area contributed by atoms with Crippen LogP contribution in [-0.4, -0.2) is 31.1 Å². The first kappa shape index (κ1) is 15.8. The third-order valence-corrected chi connectivity index (χ3v) is 3.73. The van der Waals surface area contributed by atoms with Gasteiger partial charge in [0, 0.05) is 12.1 Å². The van der Waals surface area contributed by atoms with Gasteiger partial charge < -0.3 is 14.8 Å². The van der Waals surface area contributed by atoms with E-state index in [-0.39, 0.29) is 17.5 Å². The van der Waals surface area contributed by atoms with Crippen LogP contribution in [0.3, 0.4) is 0 Å². The van der Waals surface area contributed by atoms with Crippen LogP contribution in [0.1, 0.15) is 9.67 Å². The number of ether oxygens (including phenoxy) is 2. The predicted octanol–water partition coefficient (Wildman–Crippen LogP) is 2.47. The molecule has 2 aromatic rings. The fourth-order valence-electron chi connectivity index (χ4n) is 1.66. The summed E-state index contributed by atoms with van der Waals surface area (Å²) in [6.07, 6.45) is 0. The van der Waals surface area contributed by atoms with E-state index in [9.17, 15) is 14.9 Å². The van der Waals surface area contributed by atoms with Crippen LogP contribution in [0.15, 0.2) is 36.4 Å². The van der Waals surface area contributed by atoms with Crippen molar-refractivity contribution in [2.75, 3.05) is 20.3 Å². The SMILES string of the molecule is COc1cccc(OCCNC(=O)c2ccc([N+](=O)[O-])s2)c1. The van der Waals surface area contributed by atoms with Crippen LogP contribution in [0.5, 0.6) is 11.5 Å². The molecule has 0 spiro atoms. The van der Waals surface area contributed by atoms with Gasteiger partial charge in [-0.3, -0.25) is 14.9 Å². The second-order valence-corrected chi connectivity index (χ2v) is 5.24. The number of rotatable bonds is 7. The minimum atomic E-state index is -0.520. The molecule has 1 aromatic heterocycles. The molecule has 0 bridgehead atoms. The Hall–Kier alpha value is -2.61. The zero-order chi connectivity index (χ0) is 15.9. The monoisotopic (exact) mass is 322 g/mol. The van der Waals surface area contributed by atoms with E-state index >= 15 is 0 Å². The molecule has 0 unspecified atom stereocenters. The Morgan fingerprint density at radius 3 is 2.77 bits per heavy atom. The Balaban J connectivity index is 1.78. The van der Waals surface area contributed by atoms with Crippen molar-refractivity contribution >= 4 is 22.2 Å². The Labute approximate surface area is 130 Å². The maximum absolute atomic E-state index is 11.8. The summed E-state index contributed by atoms with van der Waals surface area (Å²) >= 11 is 0.840. The highest BCUT2D eigenvalue weighted by Gasteiger charge is 2.14. The molecule has 2 rings (SSSR count). The third-order valence-electron chi connectivity index (χ3n) is 2.69. The van der Waals surface area contributed by atoms with E-state index in [2.05, 4.69) is 5.32 Å². The van der Waals surface area contributed by atoms with Gasteiger partial charge in [-0.05, 0) is 18.2 Å². The topological polar surface area (TPSA) is 90.7 Å². The van der Waals surface area contributed by atoms with Crippen LogP contribution in [0.4, 0.5) is 5.00 Å². The fraction of sp³-hybridized carbons (Fsp3) is 0.214. The molecule has 8 heteroatoms. The molecule has 0 aliphatic heterocycles. The minimum Gasteiger partial charge on any atom is -0.497 e. The molecule has 0 radical (unpaired) electrons. The Bertz CT molecular complexity index is 671. The van der Waals surface area contributed by atoms with Crippen LogP contribution in [0, 0.1) is 10.1 Å². The van der Waals surface area contributed by atoms with Gasteiger partial charge in [0.15, 0.2) is 0 Å². The van der Waals surface area contributed by atoms with Crippen molar-refractivity contribution < 1.29 is 19.2 Å². The summed E-state index contributed by atoms with van der Waals surface area (Å²) in [5.74, 6) is 0.972. The van der Waals surface area contributed by atoms with Gasteiger partial charge >= 0.3 is 5.00 Å². The van der Waals surface area contributed by atoms with Crippen LogP contribution in [0.2, 0.25) is 0 Å². The number of thiophene rings is 1. The summed E-state index contributed by atoms with van der Waals surface area (Å²) in [6, 6.07) is 9.88. The molecule has 0 saturated heterocycles. The van der Waals surface area contributed by atoms with Crippen molar-refractivity contribution in [1.29, 1.82) is 0 Å². The maximum Gasteiger partial charge on any atom is 0.324 e. The summed E-state index contributed by atoms with van der Waals surface area (Å²) in [6.45, 7) is 0.577. The summed E-state index contributed by atoms with van der Waals surface area (Å²) in [4.78, 5) is 22.1. The van der Waals surface area contributed by atoms with Crippen LogP contribution >= 0.6 is 11.3 Å². The lowest BCUT2D eigenvalue weighted by molar-refractivity contribution is -0.380. The standard InChI is InChI=1S/C14H14N2O5S/c1-20-10-3-2-4-11(9-10)21-8-7-15-14(17)12-5-6-13(22-12)16(18)19/h2-6,9H,7-8H2,1H3,(H,15,17). The Morgan fingerprint density at radius 1 is 1.32 bits per heavy atom. The summed E-state index contributed by atoms with van der Waals surface area (Å²) < 4.78 is 10.6. The average Bonchev–Trinajstić information content (AvgIpc) is 3.02. The molecule has 1 heterocycles. The Kier molecular flexibility index (Phi) is 5.31. The first-order valence-electron chi connectivity index (χ1n) is 6.39. The molecule has 22 heavy (non-hydrogen) atoms. The molecule has 116 valence electrons. The van der Waals surface area contributed by atoms with Crippen LogP contribution in [0.25, 0.3) is 0 Å². The van der Waals surface area contributed by atoms with Gasteiger partial charge in [0.25, 0.3) is 5.91 Å². The van der Waals surface area contributed by atoms with Crippen LogP contribution < -0.4 is 14.8 Å². The van der Waals surface area contributed by atoms with Crippen LogP contribution in [-0.2, 0) is 0 Å². The number of nitro groups is 1. The number of nitrogens with zero attached hydrogens (tertiary/aromatic N) is 1. The largest absolute Gasteiger partial charge is 0.497 e. The number of hydrogen-bond acceptors (Lipinski definition) is 6. The second-order valence-electron chi connectivity index (χ2n) is 4.18. The van der Waals surface area contributed by atoms with Crippen molar-refractivity contribution in [2.45, 2.75) is 0 Å². The number of amides is 1. The van der Waals surface area contributed by atoms with Gasteiger partial charge in [0.05, 0.1) is 23.5 Å². The zero-order valence-electron chi connectivity index (χ0n) is 11.8. The highest BCUT2D eigenvalue weighted by molar-refractivity contribution is 7.17. The van der Waals surface area contributed by atoms with E-state index in [4.69, 9.17) is 9.47 Å². The molecule has 1 aromatic carbocycles. The van der Waals surface area contributed by atoms with Gasteiger partial charge in [0.2, 0.25) is 0 Å². The molecular weight excluding hydrogens is 308 g/mol. The number of carbonyl (C=O) groups is 1. The van der Waals surface area contributed by atoms with Crippen molar-refractivity contribution in [2.24, 2.45) is 0 Å². The summed E-state index contributed by atoms with van der Waals surface area (Å²) in [5.41, 5.74) is 0. The number of nitrogens with one attached hydrogen (secondary N) is 1. The Morgan fingerprint density at radius 2 is 2.09 bits per heavy atom. The lowest BCUT2D eigenvalue weighted by atomic mass is 10.3. The molecule has 0 aliphatic rings. The molecule has 1 amide bonds. The number of hydrogen-bond donors (Lipinski definition) is 1. The van der Waals surface area contributed by atoms with E-state index in [1.54, 1.807) is 31.4 Å². The van der Waals surface area contributed by atoms with Gasteiger partial charge in [0.1, 0.15) is 18.1 Å².